The van der Waals surface area contributed by atoms with E-state index in [4.69, 9.17) is 0 Å². The Morgan fingerprint density at radius 3 is 2.03 bits per heavy atom. The molecule has 5 nitrogen and oxygen atoms in total. The molecule has 6 heteroatoms. The topological polar surface area (TPSA) is 66.5 Å². The summed E-state index contributed by atoms with van der Waals surface area (Å²) in [6.45, 7) is 2.40. The van der Waals surface area contributed by atoms with Crippen LogP contribution in [0.5, 0.6) is 0 Å². The number of carbonyl (C=O) groups is 1. The van der Waals surface area contributed by atoms with Gasteiger partial charge in [-0.05, 0) is 48.2 Å². The summed E-state index contributed by atoms with van der Waals surface area (Å²) in [7, 11) is -3.32. The van der Waals surface area contributed by atoms with Gasteiger partial charge in [0.1, 0.15) is 0 Å². The molecule has 0 saturated carbocycles. The normalized spacial score (nSPS) is 13.7. The van der Waals surface area contributed by atoms with Crippen molar-refractivity contribution in [1.82, 2.24) is 5.32 Å². The highest BCUT2D eigenvalue weighted by atomic mass is 32.2. The predicted octanol–water partition coefficient (Wildman–Crippen LogP) is 3.70. The lowest BCUT2D eigenvalue weighted by atomic mass is 9.84. The summed E-state index contributed by atoms with van der Waals surface area (Å²) in [4.78, 5) is 13.2. The van der Waals surface area contributed by atoms with Crippen LogP contribution in [0.25, 0.3) is 0 Å². The Morgan fingerprint density at radius 1 is 0.933 bits per heavy atom. The lowest BCUT2D eigenvalue weighted by molar-refractivity contribution is 0.0919. The van der Waals surface area contributed by atoms with E-state index in [0.29, 0.717) is 24.2 Å². The third kappa shape index (κ3) is 3.71. The minimum atomic E-state index is -3.32. The van der Waals surface area contributed by atoms with Crippen LogP contribution in [0.4, 0.5) is 5.69 Å². The molecule has 1 aliphatic heterocycles. The first-order valence-electron chi connectivity index (χ1n) is 9.83. The summed E-state index contributed by atoms with van der Waals surface area (Å²) >= 11 is 0. The third-order valence-electron chi connectivity index (χ3n) is 5.66. The molecule has 0 aromatic heterocycles. The number of nitrogens with one attached hydrogen (secondary N) is 1. The van der Waals surface area contributed by atoms with E-state index in [2.05, 4.69) is 5.32 Å². The van der Waals surface area contributed by atoms with Crippen molar-refractivity contribution < 1.29 is 13.2 Å². The van der Waals surface area contributed by atoms with E-state index in [1.54, 1.807) is 18.2 Å². The second-order valence-electron chi connectivity index (χ2n) is 7.74. The van der Waals surface area contributed by atoms with E-state index >= 15 is 0 Å². The number of carbonyl (C=O) groups excluding carboxylic acids is 1. The Kier molecular flexibility index (Phi) is 5.12. The van der Waals surface area contributed by atoms with Gasteiger partial charge in [0.05, 0.1) is 17.5 Å². The summed E-state index contributed by atoms with van der Waals surface area (Å²) in [6, 6.07) is 24.9. The minimum Gasteiger partial charge on any atom is -0.339 e. The largest absolute Gasteiger partial charge is 0.339 e. The number of anilines is 1. The van der Waals surface area contributed by atoms with Crippen LogP contribution in [-0.4, -0.2) is 27.1 Å². The standard InChI is InChI=1S/C24H24N2O3S/c1-24(20-9-5-3-6-10-20,21-11-7-4-8-12-21)25-23(27)19-13-14-22-18(17-19)15-16-26(22)30(2,28)29/h3-14,17H,15-16H2,1-2H3,(H,25,27). The summed E-state index contributed by atoms with van der Waals surface area (Å²) in [5.41, 5.74) is 3.29. The van der Waals surface area contributed by atoms with Gasteiger partial charge in [0.2, 0.25) is 10.0 Å². The van der Waals surface area contributed by atoms with Gasteiger partial charge >= 0.3 is 0 Å². The van der Waals surface area contributed by atoms with Crippen molar-refractivity contribution in [2.75, 3.05) is 17.1 Å². The molecule has 0 spiro atoms. The second kappa shape index (κ2) is 7.61. The zero-order chi connectivity index (χ0) is 21.4. The average Bonchev–Trinajstić information content (AvgIpc) is 3.19. The maximum Gasteiger partial charge on any atom is 0.252 e. The Hall–Kier alpha value is -3.12. The number of sulfonamides is 1. The first kappa shape index (κ1) is 20.2. The fourth-order valence-electron chi connectivity index (χ4n) is 4.01. The van der Waals surface area contributed by atoms with Crippen molar-refractivity contribution in [2.24, 2.45) is 0 Å². The van der Waals surface area contributed by atoms with Crippen LogP contribution in [0, 0.1) is 0 Å². The smallest absolute Gasteiger partial charge is 0.252 e. The van der Waals surface area contributed by atoms with Crippen molar-refractivity contribution in [3.63, 3.8) is 0 Å². The van der Waals surface area contributed by atoms with Crippen LogP contribution >= 0.6 is 0 Å². The molecule has 3 aromatic rings. The van der Waals surface area contributed by atoms with Gasteiger partial charge in [0, 0.05) is 12.1 Å². The van der Waals surface area contributed by atoms with E-state index in [0.717, 1.165) is 16.7 Å². The zero-order valence-corrected chi connectivity index (χ0v) is 17.8. The minimum absolute atomic E-state index is 0.203. The number of nitrogens with zero attached hydrogens (tertiary/aromatic N) is 1. The molecule has 30 heavy (non-hydrogen) atoms. The molecule has 1 amide bonds. The fraction of sp³-hybridized carbons (Fsp3) is 0.208. The molecule has 0 unspecified atom stereocenters. The van der Waals surface area contributed by atoms with Crippen molar-refractivity contribution >= 4 is 21.6 Å². The number of benzene rings is 3. The van der Waals surface area contributed by atoms with Crippen molar-refractivity contribution in [2.45, 2.75) is 18.9 Å². The van der Waals surface area contributed by atoms with Crippen LogP contribution in [0.2, 0.25) is 0 Å². The van der Waals surface area contributed by atoms with Crippen LogP contribution in [0.1, 0.15) is 34.0 Å². The Bertz CT molecular complexity index is 1140. The second-order valence-corrected chi connectivity index (χ2v) is 9.65. The number of hydrogen-bond acceptors (Lipinski definition) is 3. The summed E-state index contributed by atoms with van der Waals surface area (Å²) in [5, 5.41) is 3.20. The van der Waals surface area contributed by atoms with E-state index < -0.39 is 15.6 Å². The quantitative estimate of drug-likeness (QED) is 0.684. The van der Waals surface area contributed by atoms with Gasteiger partial charge in [-0.25, -0.2) is 8.42 Å². The predicted molar refractivity (Wildman–Crippen MR) is 119 cm³/mol. The van der Waals surface area contributed by atoms with Gasteiger partial charge in [-0.15, -0.1) is 0 Å². The fourth-order valence-corrected chi connectivity index (χ4v) is 4.97. The van der Waals surface area contributed by atoms with Crippen LogP contribution < -0.4 is 9.62 Å². The monoisotopic (exact) mass is 420 g/mol. The number of amides is 1. The molecule has 0 fully saturated rings. The van der Waals surface area contributed by atoms with Gasteiger partial charge in [0.25, 0.3) is 5.91 Å². The molecule has 0 saturated heterocycles. The van der Waals surface area contributed by atoms with Crippen LogP contribution in [0.3, 0.4) is 0 Å². The summed E-state index contributed by atoms with van der Waals surface area (Å²) in [6.07, 6.45) is 1.80. The maximum atomic E-state index is 13.2. The van der Waals surface area contributed by atoms with Gasteiger partial charge < -0.3 is 5.32 Å². The molecule has 0 radical (unpaired) electrons. The zero-order valence-electron chi connectivity index (χ0n) is 17.0. The van der Waals surface area contributed by atoms with Gasteiger partial charge in [-0.2, -0.15) is 0 Å². The average molecular weight is 421 g/mol. The SMILES string of the molecule is CC(NC(=O)c1ccc2c(c1)CCN2S(C)(=O)=O)(c1ccccc1)c1ccccc1. The Balaban J connectivity index is 1.68. The summed E-state index contributed by atoms with van der Waals surface area (Å²) < 4.78 is 25.3. The molecule has 1 heterocycles. The van der Waals surface area contributed by atoms with Crippen LogP contribution in [-0.2, 0) is 22.0 Å². The van der Waals surface area contributed by atoms with Gasteiger partial charge in [0.15, 0.2) is 0 Å². The Morgan fingerprint density at radius 2 is 1.50 bits per heavy atom. The van der Waals surface area contributed by atoms with E-state index in [1.807, 2.05) is 67.6 Å². The number of rotatable bonds is 5. The Labute approximate surface area is 177 Å². The van der Waals surface area contributed by atoms with Gasteiger partial charge in [-0.3, -0.25) is 9.10 Å². The van der Waals surface area contributed by atoms with Gasteiger partial charge in [-0.1, -0.05) is 60.7 Å². The first-order chi connectivity index (χ1) is 14.3. The van der Waals surface area contributed by atoms with E-state index in [1.165, 1.54) is 10.6 Å². The first-order valence-corrected chi connectivity index (χ1v) is 11.7. The molecule has 1 N–H and O–H groups in total. The molecule has 4 rings (SSSR count). The maximum absolute atomic E-state index is 13.2. The lowest BCUT2D eigenvalue weighted by Crippen LogP contribution is -2.44. The van der Waals surface area contributed by atoms with E-state index in [-0.39, 0.29) is 5.91 Å². The third-order valence-corrected chi connectivity index (χ3v) is 6.84. The highest BCUT2D eigenvalue weighted by Gasteiger charge is 2.32. The molecule has 3 aromatic carbocycles. The molecular formula is C24H24N2O3S. The molecule has 0 atom stereocenters. The van der Waals surface area contributed by atoms with Crippen molar-refractivity contribution in [1.29, 1.82) is 0 Å². The highest BCUT2D eigenvalue weighted by Crippen LogP contribution is 2.32. The highest BCUT2D eigenvalue weighted by molar-refractivity contribution is 7.92. The van der Waals surface area contributed by atoms with Crippen molar-refractivity contribution in [3.05, 3.63) is 101 Å². The number of fused-ring (bicyclic) bond motifs is 1. The van der Waals surface area contributed by atoms with E-state index in [9.17, 15) is 13.2 Å². The molecule has 0 bridgehead atoms. The molecule has 1 aliphatic rings. The summed E-state index contributed by atoms with van der Waals surface area (Å²) in [5.74, 6) is -0.203. The molecular weight excluding hydrogens is 396 g/mol. The molecule has 0 aliphatic carbocycles. The van der Waals surface area contributed by atoms with Crippen LogP contribution in [0.15, 0.2) is 78.9 Å². The molecule has 154 valence electrons. The number of hydrogen-bond donors (Lipinski definition) is 1. The lowest BCUT2D eigenvalue weighted by Gasteiger charge is -2.32. The van der Waals surface area contributed by atoms with Crippen molar-refractivity contribution in [3.8, 4) is 0 Å².